The zero-order chi connectivity index (χ0) is 13.9. The first-order chi connectivity index (χ1) is 9.76. The third-order valence-electron chi connectivity index (χ3n) is 3.52. The average Bonchev–Trinajstić information content (AvgIpc) is 2.89. The minimum atomic E-state index is -0.0789. The summed E-state index contributed by atoms with van der Waals surface area (Å²) in [5.41, 5.74) is 1.88. The number of hydrogen-bond donors (Lipinski definition) is 0. The van der Waals surface area contributed by atoms with Gasteiger partial charge in [-0.25, -0.2) is 0 Å². The van der Waals surface area contributed by atoms with Gasteiger partial charge >= 0.3 is 0 Å². The molecule has 3 rings (SSSR count). The van der Waals surface area contributed by atoms with Crippen molar-refractivity contribution in [1.82, 2.24) is 0 Å². The van der Waals surface area contributed by atoms with E-state index in [1.54, 1.807) is 7.11 Å². The Morgan fingerprint density at radius 2 is 2.05 bits per heavy atom. The summed E-state index contributed by atoms with van der Waals surface area (Å²) in [6.45, 7) is 0. The molecule has 0 bridgehead atoms. The van der Waals surface area contributed by atoms with Crippen LogP contribution in [-0.2, 0) is 6.42 Å². The Balaban J connectivity index is 1.68. The van der Waals surface area contributed by atoms with Crippen LogP contribution in [0.4, 0.5) is 0 Å². The molecule has 1 heterocycles. The highest BCUT2D eigenvalue weighted by Crippen LogP contribution is 2.33. The minimum Gasteiger partial charge on any atom is -0.497 e. The summed E-state index contributed by atoms with van der Waals surface area (Å²) in [4.78, 5) is 12.2. The molecule has 3 heteroatoms. The molecule has 0 spiro atoms. The monoisotopic (exact) mass is 268 g/mol. The predicted molar refractivity (Wildman–Crippen MR) is 76.5 cm³/mol. The van der Waals surface area contributed by atoms with Crippen LogP contribution in [-0.4, -0.2) is 19.0 Å². The molecule has 0 N–H and O–H groups in total. The van der Waals surface area contributed by atoms with Gasteiger partial charge in [-0.3, -0.25) is 4.79 Å². The number of carbonyl (C=O) groups is 1. The van der Waals surface area contributed by atoms with Crippen molar-refractivity contribution in [2.75, 3.05) is 7.11 Å². The normalized spacial score (nSPS) is 16.4. The van der Waals surface area contributed by atoms with Gasteiger partial charge in [0, 0.05) is 24.5 Å². The van der Waals surface area contributed by atoms with E-state index in [0.29, 0.717) is 6.42 Å². The van der Waals surface area contributed by atoms with Crippen molar-refractivity contribution in [2.45, 2.75) is 18.9 Å². The highest BCUT2D eigenvalue weighted by molar-refractivity contribution is 5.96. The highest BCUT2D eigenvalue weighted by atomic mass is 16.5. The molecule has 3 nitrogen and oxygen atoms in total. The third kappa shape index (κ3) is 2.52. The Morgan fingerprint density at radius 3 is 2.80 bits per heavy atom. The first-order valence-corrected chi connectivity index (χ1v) is 6.68. The molecule has 1 aliphatic heterocycles. The van der Waals surface area contributed by atoms with Gasteiger partial charge in [-0.15, -0.1) is 0 Å². The van der Waals surface area contributed by atoms with Crippen LogP contribution in [0.15, 0.2) is 48.5 Å². The van der Waals surface area contributed by atoms with Crippen LogP contribution in [0, 0.1) is 0 Å². The Morgan fingerprint density at radius 1 is 1.25 bits per heavy atom. The number of methoxy groups -OCH3 is 1. The van der Waals surface area contributed by atoms with Crippen LogP contribution >= 0.6 is 0 Å². The molecule has 0 unspecified atom stereocenters. The van der Waals surface area contributed by atoms with Crippen molar-refractivity contribution in [1.29, 1.82) is 0 Å². The van der Waals surface area contributed by atoms with Gasteiger partial charge < -0.3 is 9.47 Å². The lowest BCUT2D eigenvalue weighted by molar-refractivity contribution is 0.0924. The van der Waals surface area contributed by atoms with Gasteiger partial charge in [0.05, 0.1) is 7.11 Å². The highest BCUT2D eigenvalue weighted by Gasteiger charge is 2.25. The SMILES string of the molecule is COc1ccc2c(c1)O[C@H](CC(=O)c1ccccc1)C2. The van der Waals surface area contributed by atoms with Gasteiger partial charge in [-0.2, -0.15) is 0 Å². The van der Waals surface area contributed by atoms with Crippen LogP contribution in [0.5, 0.6) is 11.5 Å². The van der Waals surface area contributed by atoms with E-state index in [4.69, 9.17) is 9.47 Å². The predicted octanol–water partition coefficient (Wildman–Crippen LogP) is 3.27. The molecule has 0 saturated carbocycles. The fourth-order valence-electron chi connectivity index (χ4n) is 2.47. The van der Waals surface area contributed by atoms with Crippen LogP contribution < -0.4 is 9.47 Å². The van der Waals surface area contributed by atoms with Crippen LogP contribution in [0.2, 0.25) is 0 Å². The van der Waals surface area contributed by atoms with Crippen molar-refractivity contribution >= 4 is 5.78 Å². The fraction of sp³-hybridized carbons (Fsp3) is 0.235. The molecule has 0 aromatic heterocycles. The summed E-state index contributed by atoms with van der Waals surface area (Å²) in [6, 6.07) is 15.1. The lowest BCUT2D eigenvalue weighted by Crippen LogP contribution is -2.18. The average molecular weight is 268 g/mol. The van der Waals surface area contributed by atoms with Crippen molar-refractivity contribution in [3.8, 4) is 11.5 Å². The molecule has 2 aromatic rings. The summed E-state index contributed by atoms with van der Waals surface area (Å²) in [6.07, 6.45) is 1.10. The summed E-state index contributed by atoms with van der Waals surface area (Å²) in [7, 11) is 1.63. The van der Waals surface area contributed by atoms with E-state index in [9.17, 15) is 4.79 Å². The van der Waals surface area contributed by atoms with E-state index in [1.165, 1.54) is 0 Å². The summed E-state index contributed by atoms with van der Waals surface area (Å²) >= 11 is 0. The molecule has 0 fully saturated rings. The molecule has 102 valence electrons. The van der Waals surface area contributed by atoms with E-state index in [0.717, 1.165) is 29.0 Å². The first-order valence-electron chi connectivity index (χ1n) is 6.68. The molecule has 1 aliphatic rings. The van der Waals surface area contributed by atoms with E-state index in [2.05, 4.69) is 0 Å². The summed E-state index contributed by atoms with van der Waals surface area (Å²) in [5, 5.41) is 0. The van der Waals surface area contributed by atoms with Gasteiger partial charge in [0.2, 0.25) is 0 Å². The van der Waals surface area contributed by atoms with E-state index < -0.39 is 0 Å². The molecule has 2 aromatic carbocycles. The summed E-state index contributed by atoms with van der Waals surface area (Å²) in [5.74, 6) is 1.73. The van der Waals surface area contributed by atoms with Crippen LogP contribution in [0.25, 0.3) is 0 Å². The van der Waals surface area contributed by atoms with Gasteiger partial charge in [0.15, 0.2) is 5.78 Å². The number of benzene rings is 2. The van der Waals surface area contributed by atoms with Crippen molar-refractivity contribution in [2.24, 2.45) is 0 Å². The van der Waals surface area contributed by atoms with Crippen molar-refractivity contribution < 1.29 is 14.3 Å². The molecule has 0 amide bonds. The van der Waals surface area contributed by atoms with Crippen molar-refractivity contribution in [3.05, 3.63) is 59.7 Å². The maximum absolute atomic E-state index is 12.2. The van der Waals surface area contributed by atoms with Gasteiger partial charge in [-0.1, -0.05) is 36.4 Å². The van der Waals surface area contributed by atoms with E-state index in [-0.39, 0.29) is 11.9 Å². The molecule has 1 atom stereocenters. The quantitative estimate of drug-likeness (QED) is 0.798. The molecular weight excluding hydrogens is 252 g/mol. The number of rotatable bonds is 4. The maximum Gasteiger partial charge on any atom is 0.166 e. The zero-order valence-electron chi connectivity index (χ0n) is 11.3. The summed E-state index contributed by atoms with van der Waals surface area (Å²) < 4.78 is 11.0. The molecule has 20 heavy (non-hydrogen) atoms. The van der Waals surface area contributed by atoms with Gasteiger partial charge in [-0.05, 0) is 11.6 Å². The Bertz CT molecular complexity index is 619. The zero-order valence-corrected chi connectivity index (χ0v) is 11.3. The van der Waals surface area contributed by atoms with Crippen LogP contribution in [0.3, 0.4) is 0 Å². The Kier molecular flexibility index (Phi) is 3.42. The number of carbonyl (C=O) groups excluding carboxylic acids is 1. The second-order valence-corrected chi connectivity index (χ2v) is 4.91. The number of ether oxygens (including phenoxy) is 2. The molecule has 0 aliphatic carbocycles. The molecule has 0 saturated heterocycles. The van der Waals surface area contributed by atoms with E-state index in [1.807, 2.05) is 48.5 Å². The fourth-order valence-corrected chi connectivity index (χ4v) is 2.47. The lowest BCUT2D eigenvalue weighted by atomic mass is 10.0. The second-order valence-electron chi connectivity index (χ2n) is 4.91. The third-order valence-corrected chi connectivity index (χ3v) is 3.52. The van der Waals surface area contributed by atoms with Gasteiger partial charge in [0.1, 0.15) is 17.6 Å². The first kappa shape index (κ1) is 12.7. The number of Topliss-reactive ketones (excluding diaryl/α,β-unsaturated/α-hetero) is 1. The number of hydrogen-bond acceptors (Lipinski definition) is 3. The topological polar surface area (TPSA) is 35.5 Å². The Hall–Kier alpha value is -2.29. The Labute approximate surface area is 118 Å². The van der Waals surface area contributed by atoms with Crippen LogP contribution in [0.1, 0.15) is 22.3 Å². The number of fused-ring (bicyclic) bond motifs is 1. The largest absolute Gasteiger partial charge is 0.497 e. The smallest absolute Gasteiger partial charge is 0.166 e. The van der Waals surface area contributed by atoms with E-state index >= 15 is 0 Å². The molecule has 0 radical (unpaired) electrons. The second kappa shape index (κ2) is 5.37. The molecular formula is C17H16O3. The van der Waals surface area contributed by atoms with Crippen molar-refractivity contribution in [3.63, 3.8) is 0 Å². The number of ketones is 1. The maximum atomic E-state index is 12.2. The van der Waals surface area contributed by atoms with Gasteiger partial charge in [0.25, 0.3) is 0 Å². The standard InChI is InChI=1S/C17H16O3/c1-19-14-8-7-13-9-15(20-17(13)11-14)10-16(18)12-5-3-2-4-6-12/h2-8,11,15H,9-10H2,1H3/t15-/m0/s1. The lowest BCUT2D eigenvalue weighted by Gasteiger charge is -2.09. The minimum absolute atomic E-state index is 0.0789.